The fourth-order valence-corrected chi connectivity index (χ4v) is 2.80. The molecule has 0 aliphatic rings. The van der Waals surface area contributed by atoms with Crippen LogP contribution < -0.4 is 0 Å². The highest BCUT2D eigenvalue weighted by atomic mass is 32.1. The van der Waals surface area contributed by atoms with E-state index in [1.54, 1.807) is 29.7 Å². The van der Waals surface area contributed by atoms with Gasteiger partial charge in [0, 0.05) is 22.2 Å². The molecule has 4 heteroatoms. The zero-order valence-corrected chi connectivity index (χ0v) is 12.3. The molecule has 3 rings (SSSR count). The van der Waals surface area contributed by atoms with Crippen molar-refractivity contribution in [2.45, 2.75) is 6.92 Å². The van der Waals surface area contributed by atoms with Gasteiger partial charge in [-0.05, 0) is 19.1 Å². The molecule has 0 saturated carbocycles. The molecule has 1 heterocycles. The SMILES string of the molecule is Cc1sc(N=Cc2ccccc2O)nc1-c1ccccc1. The average molecular weight is 294 g/mol. The number of benzene rings is 2. The van der Waals surface area contributed by atoms with Crippen LogP contribution in [0.5, 0.6) is 5.75 Å². The molecule has 2 aromatic carbocycles. The first-order valence-corrected chi connectivity index (χ1v) is 7.40. The molecule has 104 valence electrons. The largest absolute Gasteiger partial charge is 0.507 e. The lowest BCUT2D eigenvalue weighted by Crippen LogP contribution is -1.81. The van der Waals surface area contributed by atoms with Gasteiger partial charge in [-0.1, -0.05) is 53.8 Å². The average Bonchev–Trinajstić information content (AvgIpc) is 2.88. The highest BCUT2D eigenvalue weighted by molar-refractivity contribution is 7.15. The van der Waals surface area contributed by atoms with E-state index in [-0.39, 0.29) is 5.75 Å². The summed E-state index contributed by atoms with van der Waals surface area (Å²) in [5.41, 5.74) is 2.74. The Labute approximate surface area is 127 Å². The van der Waals surface area contributed by atoms with E-state index in [4.69, 9.17) is 0 Å². The molecule has 0 bridgehead atoms. The maximum Gasteiger partial charge on any atom is 0.209 e. The molecule has 0 aliphatic carbocycles. The monoisotopic (exact) mass is 294 g/mol. The molecule has 3 nitrogen and oxygen atoms in total. The third-order valence-electron chi connectivity index (χ3n) is 3.08. The molecule has 0 unspecified atom stereocenters. The molecule has 0 spiro atoms. The van der Waals surface area contributed by atoms with E-state index in [2.05, 4.69) is 9.98 Å². The van der Waals surface area contributed by atoms with Crippen LogP contribution in [0.4, 0.5) is 5.13 Å². The van der Waals surface area contributed by atoms with Crippen molar-refractivity contribution in [1.29, 1.82) is 0 Å². The molecule has 0 fully saturated rings. The van der Waals surface area contributed by atoms with E-state index in [1.165, 1.54) is 0 Å². The van der Waals surface area contributed by atoms with Gasteiger partial charge in [-0.25, -0.2) is 9.98 Å². The summed E-state index contributed by atoms with van der Waals surface area (Å²) in [6, 6.07) is 17.2. The number of para-hydroxylation sites is 1. The van der Waals surface area contributed by atoms with E-state index >= 15 is 0 Å². The van der Waals surface area contributed by atoms with Gasteiger partial charge in [0.25, 0.3) is 0 Å². The summed E-state index contributed by atoms with van der Waals surface area (Å²) in [4.78, 5) is 10.1. The lowest BCUT2D eigenvalue weighted by molar-refractivity contribution is 0.474. The highest BCUT2D eigenvalue weighted by Crippen LogP contribution is 2.31. The molecule has 3 aromatic rings. The normalized spacial score (nSPS) is 11.1. The van der Waals surface area contributed by atoms with Gasteiger partial charge < -0.3 is 5.11 Å². The van der Waals surface area contributed by atoms with Crippen molar-refractivity contribution < 1.29 is 5.11 Å². The predicted molar refractivity (Wildman–Crippen MR) is 87.6 cm³/mol. The van der Waals surface area contributed by atoms with Crippen molar-refractivity contribution in [1.82, 2.24) is 4.98 Å². The van der Waals surface area contributed by atoms with Crippen molar-refractivity contribution in [3.05, 3.63) is 65.0 Å². The predicted octanol–water partition coefficient (Wildman–Crippen LogP) is 4.57. The zero-order chi connectivity index (χ0) is 14.7. The Morgan fingerprint density at radius 3 is 2.52 bits per heavy atom. The minimum absolute atomic E-state index is 0.220. The van der Waals surface area contributed by atoms with Gasteiger partial charge >= 0.3 is 0 Å². The first kappa shape index (κ1) is 13.5. The molecule has 0 amide bonds. The Hall–Kier alpha value is -2.46. The number of aryl methyl sites for hydroxylation is 1. The van der Waals surface area contributed by atoms with Gasteiger partial charge in [-0.3, -0.25) is 0 Å². The van der Waals surface area contributed by atoms with Crippen LogP contribution in [0.15, 0.2) is 59.6 Å². The van der Waals surface area contributed by atoms with Crippen LogP contribution in [0, 0.1) is 6.92 Å². The lowest BCUT2D eigenvalue weighted by atomic mass is 10.1. The maximum absolute atomic E-state index is 9.72. The topological polar surface area (TPSA) is 45.5 Å². The van der Waals surface area contributed by atoms with E-state index in [9.17, 15) is 5.11 Å². The van der Waals surface area contributed by atoms with Crippen LogP contribution in [0.25, 0.3) is 11.3 Å². The Morgan fingerprint density at radius 1 is 1.05 bits per heavy atom. The smallest absolute Gasteiger partial charge is 0.209 e. The summed E-state index contributed by atoms with van der Waals surface area (Å²) in [6.45, 7) is 2.04. The number of phenolic OH excluding ortho intramolecular Hbond substituents is 1. The minimum Gasteiger partial charge on any atom is -0.507 e. The number of rotatable bonds is 3. The van der Waals surface area contributed by atoms with Crippen LogP contribution in [-0.4, -0.2) is 16.3 Å². The van der Waals surface area contributed by atoms with Gasteiger partial charge in [0.15, 0.2) is 0 Å². The lowest BCUT2D eigenvalue weighted by Gasteiger charge is -1.96. The quantitative estimate of drug-likeness (QED) is 0.719. The molecule has 21 heavy (non-hydrogen) atoms. The van der Waals surface area contributed by atoms with Gasteiger partial charge in [-0.15, -0.1) is 0 Å². The van der Waals surface area contributed by atoms with Gasteiger partial charge in [-0.2, -0.15) is 0 Å². The Bertz CT molecular complexity index is 778. The number of hydrogen-bond donors (Lipinski definition) is 1. The molecular formula is C17H14N2OS. The third kappa shape index (κ3) is 3.01. The van der Waals surface area contributed by atoms with E-state index < -0.39 is 0 Å². The number of hydrogen-bond acceptors (Lipinski definition) is 4. The zero-order valence-electron chi connectivity index (χ0n) is 11.5. The molecule has 0 radical (unpaired) electrons. The second-order valence-electron chi connectivity index (χ2n) is 4.58. The number of aromatic nitrogens is 1. The summed E-state index contributed by atoms with van der Waals surface area (Å²) >= 11 is 1.54. The van der Waals surface area contributed by atoms with E-state index in [0.717, 1.165) is 16.1 Å². The first-order chi connectivity index (χ1) is 10.2. The summed E-state index contributed by atoms with van der Waals surface area (Å²) in [6.07, 6.45) is 1.64. The molecule has 0 saturated heterocycles. The standard InChI is InChI=1S/C17H14N2OS/c1-12-16(13-7-3-2-4-8-13)19-17(21-12)18-11-14-9-5-6-10-15(14)20/h2-11,20H,1H3. The molecule has 0 aliphatic heterocycles. The molecule has 1 aromatic heterocycles. The highest BCUT2D eigenvalue weighted by Gasteiger charge is 2.08. The van der Waals surface area contributed by atoms with Crippen molar-refractivity contribution in [3.8, 4) is 17.0 Å². The van der Waals surface area contributed by atoms with Gasteiger partial charge in [0.05, 0.1) is 5.69 Å². The fourth-order valence-electron chi connectivity index (χ4n) is 2.02. The number of aromatic hydroxyl groups is 1. The second kappa shape index (κ2) is 5.89. The number of aliphatic imine (C=N–C) groups is 1. The number of phenols is 1. The summed E-state index contributed by atoms with van der Waals surface area (Å²) in [5.74, 6) is 0.220. The summed E-state index contributed by atoms with van der Waals surface area (Å²) < 4.78 is 0. The molecule has 0 atom stereocenters. The molecular weight excluding hydrogens is 280 g/mol. The van der Waals surface area contributed by atoms with Crippen LogP contribution >= 0.6 is 11.3 Å². The summed E-state index contributed by atoms with van der Waals surface area (Å²) in [7, 11) is 0. The van der Waals surface area contributed by atoms with Gasteiger partial charge in [0.1, 0.15) is 5.75 Å². The Kier molecular flexibility index (Phi) is 3.79. The summed E-state index contributed by atoms with van der Waals surface area (Å²) in [5, 5.41) is 10.4. The van der Waals surface area contributed by atoms with Gasteiger partial charge in [0.2, 0.25) is 5.13 Å². The van der Waals surface area contributed by atoms with Crippen LogP contribution in [0.3, 0.4) is 0 Å². The minimum atomic E-state index is 0.220. The van der Waals surface area contributed by atoms with Crippen molar-refractivity contribution in [2.24, 2.45) is 4.99 Å². The van der Waals surface area contributed by atoms with Crippen LogP contribution in [-0.2, 0) is 0 Å². The number of nitrogens with zero attached hydrogens (tertiary/aromatic N) is 2. The first-order valence-electron chi connectivity index (χ1n) is 6.59. The second-order valence-corrected chi connectivity index (χ2v) is 5.77. The molecule has 1 N–H and O–H groups in total. The fraction of sp³-hybridized carbons (Fsp3) is 0.0588. The van der Waals surface area contributed by atoms with Crippen LogP contribution in [0.1, 0.15) is 10.4 Å². The van der Waals surface area contributed by atoms with Crippen molar-refractivity contribution in [2.75, 3.05) is 0 Å². The van der Waals surface area contributed by atoms with Crippen molar-refractivity contribution in [3.63, 3.8) is 0 Å². The Morgan fingerprint density at radius 2 is 1.76 bits per heavy atom. The Balaban J connectivity index is 1.90. The van der Waals surface area contributed by atoms with E-state index in [0.29, 0.717) is 10.7 Å². The third-order valence-corrected chi connectivity index (χ3v) is 3.96. The van der Waals surface area contributed by atoms with Crippen LogP contribution in [0.2, 0.25) is 0 Å². The number of thiazole rings is 1. The maximum atomic E-state index is 9.72. The van der Waals surface area contributed by atoms with E-state index in [1.807, 2.05) is 49.4 Å². The van der Waals surface area contributed by atoms with Crippen molar-refractivity contribution >= 4 is 22.7 Å².